The van der Waals surface area contributed by atoms with E-state index in [0.717, 1.165) is 15.6 Å². The molecular weight excluding hydrogens is 254 g/mol. The van der Waals surface area contributed by atoms with Gasteiger partial charge in [-0.25, -0.2) is 13.1 Å². The first kappa shape index (κ1) is 9.18. The predicted molar refractivity (Wildman–Crippen MR) is 52.9 cm³/mol. The maximum Gasteiger partial charge on any atom is 0.241 e. The van der Waals surface area contributed by atoms with Crippen LogP contribution in [0.2, 0.25) is 0 Å². The van der Waals surface area contributed by atoms with E-state index in [-0.39, 0.29) is 0 Å². The molecule has 0 fully saturated rings. The van der Waals surface area contributed by atoms with Crippen LogP contribution in [-0.4, -0.2) is 8.42 Å². The zero-order valence-corrected chi connectivity index (χ0v) is 9.37. The average Bonchev–Trinajstić information content (AvgIpc) is 2.35. The van der Waals surface area contributed by atoms with Crippen LogP contribution in [0.15, 0.2) is 21.5 Å². The lowest BCUT2D eigenvalue weighted by atomic mass is 10.1. The highest BCUT2D eigenvalue weighted by molar-refractivity contribution is 9.10. The van der Waals surface area contributed by atoms with Gasteiger partial charge in [0.05, 0.1) is 4.90 Å². The molecule has 1 aromatic rings. The van der Waals surface area contributed by atoms with Crippen LogP contribution in [0, 0.1) is 6.92 Å². The smallest absolute Gasteiger partial charge is 0.207 e. The Hall–Kier alpha value is -0.390. The molecule has 1 aliphatic heterocycles. The topological polar surface area (TPSA) is 46.2 Å². The molecule has 0 bridgehead atoms. The van der Waals surface area contributed by atoms with Crippen LogP contribution in [0.25, 0.3) is 0 Å². The SMILES string of the molecule is Cc1c(Br)ccc2c1S(=O)(=O)NC2. The lowest BCUT2D eigenvalue weighted by Crippen LogP contribution is -2.14. The molecule has 0 aromatic heterocycles. The molecule has 1 N–H and O–H groups in total. The summed E-state index contributed by atoms with van der Waals surface area (Å²) in [6, 6.07) is 3.70. The van der Waals surface area contributed by atoms with E-state index in [1.807, 2.05) is 12.1 Å². The van der Waals surface area contributed by atoms with Crippen LogP contribution in [0.4, 0.5) is 0 Å². The second-order valence-corrected chi connectivity index (χ2v) is 5.54. The molecule has 0 unspecified atom stereocenters. The molecule has 13 heavy (non-hydrogen) atoms. The van der Waals surface area contributed by atoms with Crippen molar-refractivity contribution in [1.29, 1.82) is 0 Å². The number of fused-ring (bicyclic) bond motifs is 1. The van der Waals surface area contributed by atoms with E-state index >= 15 is 0 Å². The summed E-state index contributed by atoms with van der Waals surface area (Å²) in [6.07, 6.45) is 0. The van der Waals surface area contributed by atoms with Gasteiger partial charge < -0.3 is 0 Å². The third kappa shape index (κ3) is 1.31. The minimum atomic E-state index is -3.24. The van der Waals surface area contributed by atoms with Crippen molar-refractivity contribution < 1.29 is 8.42 Å². The monoisotopic (exact) mass is 261 g/mol. The van der Waals surface area contributed by atoms with E-state index in [2.05, 4.69) is 20.7 Å². The molecule has 0 spiro atoms. The molecule has 2 rings (SSSR count). The van der Waals surface area contributed by atoms with Crippen molar-refractivity contribution in [2.45, 2.75) is 18.4 Å². The van der Waals surface area contributed by atoms with Crippen molar-refractivity contribution in [3.05, 3.63) is 27.7 Å². The van der Waals surface area contributed by atoms with Gasteiger partial charge >= 0.3 is 0 Å². The number of hydrogen-bond acceptors (Lipinski definition) is 2. The first-order valence-electron chi connectivity index (χ1n) is 3.80. The molecule has 1 heterocycles. The van der Waals surface area contributed by atoms with Gasteiger partial charge in [0.25, 0.3) is 0 Å². The van der Waals surface area contributed by atoms with Crippen LogP contribution in [-0.2, 0) is 16.6 Å². The fourth-order valence-corrected chi connectivity index (χ4v) is 3.43. The number of hydrogen-bond donors (Lipinski definition) is 1. The second kappa shape index (κ2) is 2.80. The van der Waals surface area contributed by atoms with Gasteiger partial charge in [-0.15, -0.1) is 0 Å². The molecule has 3 nitrogen and oxygen atoms in total. The van der Waals surface area contributed by atoms with Crippen LogP contribution in [0.5, 0.6) is 0 Å². The van der Waals surface area contributed by atoms with Crippen molar-refractivity contribution in [1.82, 2.24) is 4.72 Å². The van der Waals surface area contributed by atoms with Crippen molar-refractivity contribution in [2.75, 3.05) is 0 Å². The van der Waals surface area contributed by atoms with E-state index in [0.29, 0.717) is 11.4 Å². The molecule has 70 valence electrons. The van der Waals surface area contributed by atoms with E-state index in [4.69, 9.17) is 0 Å². The third-order valence-electron chi connectivity index (χ3n) is 2.14. The van der Waals surface area contributed by atoms with E-state index in [9.17, 15) is 8.42 Å². The van der Waals surface area contributed by atoms with Gasteiger partial charge in [0, 0.05) is 11.0 Å². The third-order valence-corrected chi connectivity index (χ3v) is 4.63. The summed E-state index contributed by atoms with van der Waals surface area (Å²) < 4.78 is 26.3. The van der Waals surface area contributed by atoms with Gasteiger partial charge in [0.2, 0.25) is 10.0 Å². The summed E-state index contributed by atoms with van der Waals surface area (Å²) in [7, 11) is -3.24. The fourth-order valence-electron chi connectivity index (χ4n) is 1.48. The summed E-state index contributed by atoms with van der Waals surface area (Å²) in [5, 5.41) is 0. The molecular formula is C8H8BrNO2S. The highest BCUT2D eigenvalue weighted by Crippen LogP contribution is 2.30. The molecule has 0 saturated heterocycles. The Morgan fingerprint density at radius 3 is 2.85 bits per heavy atom. The Labute approximate surface area is 85.3 Å². The van der Waals surface area contributed by atoms with Crippen molar-refractivity contribution in [2.24, 2.45) is 0 Å². The van der Waals surface area contributed by atoms with Crippen LogP contribution in [0.1, 0.15) is 11.1 Å². The van der Waals surface area contributed by atoms with Crippen molar-refractivity contribution >= 4 is 26.0 Å². The lowest BCUT2D eigenvalue weighted by molar-refractivity contribution is 0.589. The van der Waals surface area contributed by atoms with Gasteiger partial charge in [0.1, 0.15) is 0 Å². The van der Waals surface area contributed by atoms with Gasteiger partial charge in [-0.3, -0.25) is 0 Å². The van der Waals surface area contributed by atoms with Crippen LogP contribution in [0.3, 0.4) is 0 Å². The molecule has 0 atom stereocenters. The second-order valence-electron chi connectivity index (χ2n) is 2.99. The van der Waals surface area contributed by atoms with Gasteiger partial charge in [-0.05, 0) is 24.1 Å². The summed E-state index contributed by atoms with van der Waals surface area (Å²) in [5.74, 6) is 0. The minimum Gasteiger partial charge on any atom is -0.207 e. The zero-order valence-electron chi connectivity index (χ0n) is 6.96. The Morgan fingerprint density at radius 1 is 1.46 bits per heavy atom. The fraction of sp³-hybridized carbons (Fsp3) is 0.250. The van der Waals surface area contributed by atoms with Gasteiger partial charge in [-0.2, -0.15) is 0 Å². The van der Waals surface area contributed by atoms with E-state index in [1.54, 1.807) is 6.92 Å². The zero-order chi connectivity index (χ0) is 9.64. The minimum absolute atomic E-state index is 0.409. The molecule has 0 amide bonds. The highest BCUT2D eigenvalue weighted by Gasteiger charge is 2.27. The number of sulfonamides is 1. The quantitative estimate of drug-likeness (QED) is 0.771. The Bertz CT molecular complexity index is 467. The highest BCUT2D eigenvalue weighted by atomic mass is 79.9. The first-order valence-corrected chi connectivity index (χ1v) is 6.07. The predicted octanol–water partition coefficient (Wildman–Crippen LogP) is 1.55. The first-order chi connectivity index (χ1) is 6.02. The lowest BCUT2D eigenvalue weighted by Gasteiger charge is -2.03. The van der Waals surface area contributed by atoms with Crippen molar-refractivity contribution in [3.8, 4) is 0 Å². The van der Waals surface area contributed by atoms with E-state index in [1.165, 1.54) is 0 Å². The van der Waals surface area contributed by atoms with Crippen LogP contribution < -0.4 is 4.72 Å². The van der Waals surface area contributed by atoms with E-state index < -0.39 is 10.0 Å². The van der Waals surface area contributed by atoms with Crippen LogP contribution >= 0.6 is 15.9 Å². The average molecular weight is 262 g/mol. The summed E-state index contributed by atoms with van der Waals surface area (Å²) in [5.41, 5.74) is 1.63. The van der Waals surface area contributed by atoms with Gasteiger partial charge in [-0.1, -0.05) is 22.0 Å². The summed E-state index contributed by atoms with van der Waals surface area (Å²) >= 11 is 3.31. The molecule has 5 heteroatoms. The number of nitrogens with one attached hydrogen (secondary N) is 1. The number of halogens is 1. The molecule has 0 saturated carbocycles. The Balaban J connectivity index is 2.83. The number of rotatable bonds is 0. The van der Waals surface area contributed by atoms with Gasteiger partial charge in [0.15, 0.2) is 0 Å². The van der Waals surface area contributed by atoms with Crippen molar-refractivity contribution in [3.63, 3.8) is 0 Å². The Kier molecular flexibility index (Phi) is 1.98. The maximum absolute atomic E-state index is 11.5. The molecule has 0 radical (unpaired) electrons. The largest absolute Gasteiger partial charge is 0.241 e. The standard InChI is InChI=1S/C8H8BrNO2S/c1-5-7(9)3-2-6-4-10-13(11,12)8(5)6/h2-3,10H,4H2,1H3. The maximum atomic E-state index is 11.5. The summed E-state index contributed by atoms with van der Waals surface area (Å²) in [6.45, 7) is 2.21. The molecule has 1 aliphatic rings. The normalized spacial score (nSPS) is 18.6. The Morgan fingerprint density at radius 2 is 2.15 bits per heavy atom. The summed E-state index contributed by atoms with van der Waals surface area (Å²) in [4.78, 5) is 0.432. The molecule has 1 aromatic carbocycles. The number of benzene rings is 1. The molecule has 0 aliphatic carbocycles.